The van der Waals surface area contributed by atoms with Gasteiger partial charge in [-0.15, -0.1) is 0 Å². The number of amides is 1. The third-order valence-corrected chi connectivity index (χ3v) is 7.35. The molecule has 4 heterocycles. The lowest BCUT2D eigenvalue weighted by atomic mass is 10.0. The van der Waals surface area contributed by atoms with Gasteiger partial charge in [0.1, 0.15) is 17.6 Å². The fraction of sp³-hybridized carbons (Fsp3) is 0.500. The summed E-state index contributed by atoms with van der Waals surface area (Å²) in [4.78, 5) is 33.5. The number of thioether (sulfide) groups is 1. The number of fused-ring (bicyclic) bond motifs is 4. The molecule has 1 aromatic carbocycles. The highest BCUT2D eigenvalue weighted by atomic mass is 32.2. The van der Waals surface area contributed by atoms with E-state index in [0.717, 1.165) is 47.6 Å². The largest absolute Gasteiger partial charge is 0.493 e. The topological polar surface area (TPSA) is 78.6 Å². The zero-order chi connectivity index (χ0) is 21.7. The number of methoxy groups -OCH3 is 2. The van der Waals surface area contributed by atoms with Gasteiger partial charge in [-0.2, -0.15) is 0 Å². The molecule has 1 atom stereocenters. The number of rotatable bonds is 4. The lowest BCUT2D eigenvalue weighted by Gasteiger charge is -2.33. The van der Waals surface area contributed by atoms with Gasteiger partial charge in [-0.1, -0.05) is 11.8 Å². The number of carbonyl (C=O) groups excluding carboxylic acids is 1. The lowest BCUT2D eigenvalue weighted by Crippen LogP contribution is -2.43. The van der Waals surface area contributed by atoms with Gasteiger partial charge in [-0.25, -0.2) is 4.98 Å². The van der Waals surface area contributed by atoms with E-state index in [1.807, 2.05) is 21.6 Å². The van der Waals surface area contributed by atoms with Crippen molar-refractivity contribution in [3.63, 3.8) is 0 Å². The highest BCUT2D eigenvalue weighted by molar-refractivity contribution is 7.99. The average Bonchev–Trinajstić information content (AvgIpc) is 3.36. The Kier molecular flexibility index (Phi) is 5.08. The summed E-state index contributed by atoms with van der Waals surface area (Å²) in [5.41, 5.74) is 1.74. The van der Waals surface area contributed by atoms with E-state index in [1.165, 1.54) is 0 Å². The molecule has 2 aliphatic heterocycles. The SMILES string of the molecule is COc1cc2c3nc4n(c(=O)c3n(CC(=O)N3CCCCC3C)c2cc1OC)CCS4. The molecule has 0 saturated carbocycles. The number of carbonyl (C=O) groups is 1. The van der Waals surface area contributed by atoms with Crippen molar-refractivity contribution >= 4 is 39.6 Å². The molecule has 0 spiro atoms. The monoisotopic (exact) mass is 442 g/mol. The van der Waals surface area contributed by atoms with Crippen molar-refractivity contribution < 1.29 is 14.3 Å². The van der Waals surface area contributed by atoms with Gasteiger partial charge in [0.05, 0.1) is 19.7 Å². The maximum Gasteiger partial charge on any atom is 0.278 e. The summed E-state index contributed by atoms with van der Waals surface area (Å²) >= 11 is 1.58. The van der Waals surface area contributed by atoms with Crippen LogP contribution < -0.4 is 15.0 Å². The molecule has 0 aliphatic carbocycles. The molecule has 0 bridgehead atoms. The van der Waals surface area contributed by atoms with Crippen LogP contribution in [0.15, 0.2) is 22.1 Å². The van der Waals surface area contributed by atoms with Crippen molar-refractivity contribution in [2.75, 3.05) is 26.5 Å². The van der Waals surface area contributed by atoms with E-state index >= 15 is 0 Å². The predicted molar refractivity (Wildman–Crippen MR) is 120 cm³/mol. The van der Waals surface area contributed by atoms with Crippen molar-refractivity contribution in [2.24, 2.45) is 0 Å². The molecule has 3 aromatic rings. The van der Waals surface area contributed by atoms with Crippen molar-refractivity contribution in [1.82, 2.24) is 19.0 Å². The predicted octanol–water partition coefficient (Wildman–Crippen LogP) is 2.88. The fourth-order valence-corrected chi connectivity index (χ4v) is 5.69. The summed E-state index contributed by atoms with van der Waals surface area (Å²) in [6.45, 7) is 3.59. The van der Waals surface area contributed by atoms with Crippen LogP contribution in [0.2, 0.25) is 0 Å². The molecule has 0 N–H and O–H groups in total. The summed E-state index contributed by atoms with van der Waals surface area (Å²) in [5.74, 6) is 1.98. The van der Waals surface area contributed by atoms with E-state index in [4.69, 9.17) is 14.5 Å². The van der Waals surface area contributed by atoms with Gasteiger partial charge in [0.2, 0.25) is 5.91 Å². The number of hydrogen-bond donors (Lipinski definition) is 0. The molecule has 5 rings (SSSR count). The van der Waals surface area contributed by atoms with Crippen LogP contribution in [0, 0.1) is 0 Å². The highest BCUT2D eigenvalue weighted by Gasteiger charge is 2.28. The highest BCUT2D eigenvalue weighted by Crippen LogP contribution is 2.37. The summed E-state index contributed by atoms with van der Waals surface area (Å²) < 4.78 is 14.5. The zero-order valence-corrected chi connectivity index (χ0v) is 18.8. The van der Waals surface area contributed by atoms with Crippen LogP contribution in [-0.4, -0.2) is 57.5 Å². The molecule has 1 fully saturated rings. The van der Waals surface area contributed by atoms with Crippen molar-refractivity contribution in [3.05, 3.63) is 22.5 Å². The summed E-state index contributed by atoms with van der Waals surface area (Å²) in [5, 5.41) is 1.52. The van der Waals surface area contributed by atoms with Crippen LogP contribution in [-0.2, 0) is 17.9 Å². The number of ether oxygens (including phenoxy) is 2. The second-order valence-electron chi connectivity index (χ2n) is 8.14. The summed E-state index contributed by atoms with van der Waals surface area (Å²) in [6.07, 6.45) is 3.18. The minimum Gasteiger partial charge on any atom is -0.493 e. The van der Waals surface area contributed by atoms with Crippen LogP contribution in [0.1, 0.15) is 26.2 Å². The summed E-state index contributed by atoms with van der Waals surface area (Å²) in [6, 6.07) is 3.90. The van der Waals surface area contributed by atoms with Crippen molar-refractivity contribution in [1.29, 1.82) is 0 Å². The Labute approximate surface area is 184 Å². The smallest absolute Gasteiger partial charge is 0.278 e. The molecular formula is C22H26N4O4S. The van der Waals surface area contributed by atoms with Crippen LogP contribution in [0.5, 0.6) is 11.5 Å². The van der Waals surface area contributed by atoms with E-state index in [2.05, 4.69) is 6.92 Å². The molecule has 2 aromatic heterocycles. The van der Waals surface area contributed by atoms with Crippen LogP contribution >= 0.6 is 11.8 Å². The Morgan fingerprint density at radius 3 is 2.71 bits per heavy atom. The second-order valence-corrected chi connectivity index (χ2v) is 9.20. The first kappa shape index (κ1) is 20.2. The fourth-order valence-electron chi connectivity index (χ4n) is 4.75. The van der Waals surface area contributed by atoms with Crippen molar-refractivity contribution in [2.45, 2.75) is 50.5 Å². The number of benzene rings is 1. The van der Waals surface area contributed by atoms with E-state index in [9.17, 15) is 9.59 Å². The number of likely N-dealkylation sites (tertiary alicyclic amines) is 1. The molecular weight excluding hydrogens is 416 g/mol. The number of aromatic nitrogens is 3. The third kappa shape index (κ3) is 3.17. The standard InChI is InChI=1S/C22H26N4O4S/c1-13-6-4-5-7-24(13)18(27)12-26-15-11-17(30-3)16(29-2)10-14(15)19-20(26)21(28)25-8-9-31-22(25)23-19/h10-11,13H,4-9,12H2,1-3H3. The number of piperidine rings is 1. The normalized spacial score (nSPS) is 18.5. The van der Waals surface area contributed by atoms with E-state index in [0.29, 0.717) is 29.1 Å². The van der Waals surface area contributed by atoms with Gasteiger partial charge in [0, 0.05) is 36.3 Å². The molecule has 1 saturated heterocycles. The number of nitrogens with zero attached hydrogens (tertiary/aromatic N) is 4. The van der Waals surface area contributed by atoms with Gasteiger partial charge >= 0.3 is 0 Å². The zero-order valence-electron chi connectivity index (χ0n) is 18.0. The first-order valence-electron chi connectivity index (χ1n) is 10.6. The van der Waals surface area contributed by atoms with Gasteiger partial charge in [-0.3, -0.25) is 14.2 Å². The van der Waals surface area contributed by atoms with Gasteiger partial charge < -0.3 is 18.9 Å². The van der Waals surface area contributed by atoms with E-state index < -0.39 is 0 Å². The average molecular weight is 443 g/mol. The van der Waals surface area contributed by atoms with Crippen LogP contribution in [0.4, 0.5) is 0 Å². The Bertz CT molecular complexity index is 1250. The maximum absolute atomic E-state index is 13.4. The molecule has 9 heteroatoms. The van der Waals surface area contributed by atoms with E-state index in [-0.39, 0.29) is 24.1 Å². The Morgan fingerprint density at radius 2 is 1.97 bits per heavy atom. The Balaban J connectivity index is 1.74. The quantitative estimate of drug-likeness (QED) is 0.578. The molecule has 31 heavy (non-hydrogen) atoms. The maximum atomic E-state index is 13.4. The third-order valence-electron chi connectivity index (χ3n) is 6.39. The molecule has 164 valence electrons. The van der Waals surface area contributed by atoms with Crippen LogP contribution in [0.3, 0.4) is 0 Å². The van der Waals surface area contributed by atoms with Gasteiger partial charge in [0.25, 0.3) is 5.56 Å². The molecule has 0 radical (unpaired) electrons. The van der Waals surface area contributed by atoms with Gasteiger partial charge in [0.15, 0.2) is 16.7 Å². The first-order chi connectivity index (χ1) is 15.0. The van der Waals surface area contributed by atoms with E-state index in [1.54, 1.807) is 30.5 Å². The number of hydrogen-bond acceptors (Lipinski definition) is 6. The Morgan fingerprint density at radius 1 is 1.19 bits per heavy atom. The first-order valence-corrected chi connectivity index (χ1v) is 11.6. The van der Waals surface area contributed by atoms with Crippen molar-refractivity contribution in [3.8, 4) is 11.5 Å². The minimum atomic E-state index is -0.0985. The molecule has 2 aliphatic rings. The van der Waals surface area contributed by atoms with Gasteiger partial charge in [-0.05, 0) is 32.3 Å². The summed E-state index contributed by atoms with van der Waals surface area (Å²) in [7, 11) is 3.16. The molecule has 1 amide bonds. The second kappa shape index (κ2) is 7.78. The minimum absolute atomic E-state index is 0.0278. The Hall–Kier alpha value is -2.68. The molecule has 1 unspecified atom stereocenters. The van der Waals surface area contributed by atoms with Crippen LogP contribution in [0.25, 0.3) is 21.9 Å². The molecule has 8 nitrogen and oxygen atoms in total. The lowest BCUT2D eigenvalue weighted by molar-refractivity contribution is -0.134.